The van der Waals surface area contributed by atoms with Gasteiger partial charge in [-0.15, -0.1) is 0 Å². The first-order chi connectivity index (χ1) is 5.50. The minimum Gasteiger partial charge on any atom is -0.311 e. The van der Waals surface area contributed by atoms with Gasteiger partial charge in [-0.2, -0.15) is 0 Å². The van der Waals surface area contributed by atoms with Gasteiger partial charge in [0.1, 0.15) is 5.84 Å². The van der Waals surface area contributed by atoms with Crippen LogP contribution in [0.25, 0.3) is 0 Å². The van der Waals surface area contributed by atoms with Crippen molar-refractivity contribution in [3.05, 3.63) is 12.2 Å². The van der Waals surface area contributed by atoms with E-state index in [9.17, 15) is 4.79 Å². The lowest BCUT2D eigenvalue weighted by Gasteiger charge is -2.16. The molecule has 1 amide bonds. The highest BCUT2D eigenvalue weighted by Crippen LogP contribution is 2.12. The summed E-state index contributed by atoms with van der Waals surface area (Å²) >= 11 is 0. The van der Waals surface area contributed by atoms with Crippen LogP contribution in [0.3, 0.4) is 0 Å². The summed E-state index contributed by atoms with van der Waals surface area (Å²) in [6, 6.07) is 0. The lowest BCUT2D eigenvalue weighted by molar-refractivity contribution is -0.126. The summed E-state index contributed by atoms with van der Waals surface area (Å²) in [5.41, 5.74) is -0.348. The van der Waals surface area contributed by atoms with Crippen LogP contribution in [0.4, 0.5) is 0 Å². The Labute approximate surface area is 72.6 Å². The molecule has 12 heavy (non-hydrogen) atoms. The molecule has 0 atom stereocenters. The van der Waals surface area contributed by atoms with Crippen LogP contribution >= 0.6 is 0 Å². The number of amidine groups is 1. The normalized spacial score (nSPS) is 16.1. The lowest BCUT2D eigenvalue weighted by atomic mass is 9.96. The number of carbonyl (C=O) groups is 1. The molecule has 0 fully saturated rings. The Hall–Kier alpha value is -1.12. The third kappa shape index (κ3) is 2.19. The second kappa shape index (κ2) is 3.09. The van der Waals surface area contributed by atoms with Crippen LogP contribution in [-0.4, -0.2) is 18.3 Å². The van der Waals surface area contributed by atoms with Crippen molar-refractivity contribution >= 4 is 11.7 Å². The van der Waals surface area contributed by atoms with Crippen molar-refractivity contribution in [1.29, 1.82) is 0 Å². The highest BCUT2D eigenvalue weighted by molar-refractivity contribution is 6.06. The number of aliphatic imine (C=N–C) groups is 1. The first kappa shape index (κ1) is 8.97. The molecule has 3 heteroatoms. The van der Waals surface area contributed by atoms with Gasteiger partial charge in [-0.1, -0.05) is 26.8 Å². The van der Waals surface area contributed by atoms with E-state index >= 15 is 0 Å². The monoisotopic (exact) mass is 166 g/mol. The van der Waals surface area contributed by atoms with Gasteiger partial charge in [0.25, 0.3) is 0 Å². The van der Waals surface area contributed by atoms with Gasteiger partial charge in [-0.3, -0.25) is 9.79 Å². The number of rotatable bonds is 0. The lowest BCUT2D eigenvalue weighted by Crippen LogP contribution is -2.37. The van der Waals surface area contributed by atoms with E-state index in [1.54, 1.807) is 0 Å². The zero-order valence-corrected chi connectivity index (χ0v) is 7.72. The maximum Gasteiger partial charge on any atom is 0.230 e. The van der Waals surface area contributed by atoms with Crippen molar-refractivity contribution in [3.8, 4) is 0 Å². The fraction of sp³-hybridized carbons (Fsp3) is 0.556. The van der Waals surface area contributed by atoms with E-state index in [0.29, 0.717) is 12.4 Å². The molecule has 3 nitrogen and oxygen atoms in total. The molecule has 0 radical (unpaired) electrons. The number of nitrogens with one attached hydrogen (secondary N) is 1. The van der Waals surface area contributed by atoms with Gasteiger partial charge in [0, 0.05) is 5.41 Å². The Kier molecular flexibility index (Phi) is 2.31. The number of carbonyl (C=O) groups excluding carboxylic acids is 1. The van der Waals surface area contributed by atoms with E-state index in [1.807, 2.05) is 32.9 Å². The molecule has 1 aliphatic heterocycles. The Morgan fingerprint density at radius 2 is 2.25 bits per heavy atom. The van der Waals surface area contributed by atoms with Crippen LogP contribution in [0.1, 0.15) is 20.8 Å². The molecule has 0 spiro atoms. The molecule has 1 rings (SSSR count). The molecular formula is C9H14N2O. The average molecular weight is 166 g/mol. The first-order valence-electron chi connectivity index (χ1n) is 4.02. The third-order valence-corrected chi connectivity index (χ3v) is 1.57. The van der Waals surface area contributed by atoms with Gasteiger partial charge < -0.3 is 5.32 Å². The molecule has 0 aromatic rings. The quantitative estimate of drug-likeness (QED) is 0.575. The Morgan fingerprint density at radius 1 is 1.58 bits per heavy atom. The largest absolute Gasteiger partial charge is 0.311 e. The highest BCUT2D eigenvalue weighted by Gasteiger charge is 2.21. The van der Waals surface area contributed by atoms with Gasteiger partial charge in [-0.05, 0) is 6.08 Å². The third-order valence-electron chi connectivity index (χ3n) is 1.57. The molecule has 1 aliphatic rings. The topological polar surface area (TPSA) is 41.5 Å². The fourth-order valence-electron chi connectivity index (χ4n) is 0.753. The summed E-state index contributed by atoms with van der Waals surface area (Å²) in [5.74, 6) is 0.683. The molecule has 0 bridgehead atoms. The number of amides is 1. The van der Waals surface area contributed by atoms with Crippen molar-refractivity contribution < 1.29 is 4.79 Å². The molecule has 0 aromatic carbocycles. The minimum atomic E-state index is -0.348. The van der Waals surface area contributed by atoms with Crippen LogP contribution in [0.2, 0.25) is 0 Å². The van der Waals surface area contributed by atoms with Gasteiger partial charge in [0.05, 0.1) is 6.54 Å². The van der Waals surface area contributed by atoms with Crippen molar-refractivity contribution in [2.75, 3.05) is 6.54 Å². The summed E-state index contributed by atoms with van der Waals surface area (Å²) in [6.07, 6.45) is 3.74. The summed E-state index contributed by atoms with van der Waals surface area (Å²) in [7, 11) is 0. The van der Waals surface area contributed by atoms with Crippen molar-refractivity contribution in [1.82, 2.24) is 5.32 Å². The van der Waals surface area contributed by atoms with Gasteiger partial charge in [0.2, 0.25) is 5.91 Å². The molecular weight excluding hydrogens is 152 g/mol. The second-order valence-corrected chi connectivity index (χ2v) is 3.83. The first-order valence-corrected chi connectivity index (χ1v) is 4.02. The molecule has 0 unspecified atom stereocenters. The van der Waals surface area contributed by atoms with Crippen molar-refractivity contribution in [2.45, 2.75) is 20.8 Å². The van der Waals surface area contributed by atoms with E-state index in [2.05, 4.69) is 10.3 Å². The van der Waals surface area contributed by atoms with Crippen LogP contribution in [0, 0.1) is 5.41 Å². The summed E-state index contributed by atoms with van der Waals surface area (Å²) in [6.45, 7) is 6.31. The van der Waals surface area contributed by atoms with Crippen LogP contribution in [0.15, 0.2) is 17.1 Å². The fourth-order valence-corrected chi connectivity index (χ4v) is 0.753. The summed E-state index contributed by atoms with van der Waals surface area (Å²) in [5, 5.41) is 2.74. The SMILES string of the molecule is CC(C)(C)C(=O)NC1=NCC=C1. The van der Waals surface area contributed by atoms with Crippen LogP contribution in [-0.2, 0) is 4.79 Å². The van der Waals surface area contributed by atoms with Gasteiger partial charge in [0.15, 0.2) is 0 Å². The standard InChI is InChI=1S/C9H14N2O/c1-9(2,3)8(12)11-7-5-4-6-10-7/h4-5H,6H2,1-3H3,(H,10,11,12). The molecule has 1 N–H and O–H groups in total. The molecule has 0 aliphatic carbocycles. The Bertz CT molecular complexity index is 246. The van der Waals surface area contributed by atoms with Crippen LogP contribution in [0.5, 0.6) is 0 Å². The van der Waals surface area contributed by atoms with Gasteiger partial charge in [-0.25, -0.2) is 0 Å². The summed E-state index contributed by atoms with van der Waals surface area (Å²) < 4.78 is 0. The van der Waals surface area contributed by atoms with Crippen molar-refractivity contribution in [3.63, 3.8) is 0 Å². The number of hydrogen-bond acceptors (Lipinski definition) is 2. The van der Waals surface area contributed by atoms with Gasteiger partial charge >= 0.3 is 0 Å². The van der Waals surface area contributed by atoms with E-state index in [0.717, 1.165) is 0 Å². The molecule has 0 saturated heterocycles. The number of nitrogens with zero attached hydrogens (tertiary/aromatic N) is 1. The zero-order chi connectivity index (χ0) is 9.19. The van der Waals surface area contributed by atoms with E-state index in [1.165, 1.54) is 0 Å². The Morgan fingerprint density at radius 3 is 2.67 bits per heavy atom. The summed E-state index contributed by atoms with van der Waals surface area (Å²) in [4.78, 5) is 15.5. The predicted octanol–water partition coefficient (Wildman–Crippen LogP) is 1.12. The molecule has 66 valence electrons. The zero-order valence-electron chi connectivity index (χ0n) is 7.72. The number of hydrogen-bond donors (Lipinski definition) is 1. The van der Waals surface area contributed by atoms with E-state index in [-0.39, 0.29) is 11.3 Å². The molecule has 1 heterocycles. The second-order valence-electron chi connectivity index (χ2n) is 3.83. The highest BCUT2D eigenvalue weighted by atomic mass is 16.2. The smallest absolute Gasteiger partial charge is 0.230 e. The molecule has 0 aromatic heterocycles. The van der Waals surface area contributed by atoms with Crippen molar-refractivity contribution in [2.24, 2.45) is 10.4 Å². The minimum absolute atomic E-state index is 0.00722. The van der Waals surface area contributed by atoms with Crippen LogP contribution < -0.4 is 5.32 Å². The maximum atomic E-state index is 11.4. The van der Waals surface area contributed by atoms with E-state index in [4.69, 9.17) is 0 Å². The molecule has 0 saturated carbocycles. The Balaban J connectivity index is 2.52. The predicted molar refractivity (Wildman–Crippen MR) is 49.0 cm³/mol. The maximum absolute atomic E-state index is 11.4. The van der Waals surface area contributed by atoms with E-state index < -0.39 is 0 Å². The average Bonchev–Trinajstić information content (AvgIpc) is 2.37.